The van der Waals surface area contributed by atoms with Crippen LogP contribution < -0.4 is 5.32 Å². The van der Waals surface area contributed by atoms with E-state index in [1.54, 1.807) is 25.1 Å². The van der Waals surface area contributed by atoms with Gasteiger partial charge >= 0.3 is 12.4 Å². The summed E-state index contributed by atoms with van der Waals surface area (Å²) in [6.07, 6.45) is -9.23. The first kappa shape index (κ1) is 25.2. The van der Waals surface area contributed by atoms with Crippen molar-refractivity contribution >= 4 is 5.91 Å². The van der Waals surface area contributed by atoms with Gasteiger partial charge < -0.3 is 10.2 Å². The molecule has 182 valence electrons. The summed E-state index contributed by atoms with van der Waals surface area (Å²) in [6, 6.07) is 8.16. The number of rotatable bonds is 6. The van der Waals surface area contributed by atoms with Gasteiger partial charge in [-0.2, -0.15) is 31.4 Å². The van der Waals surface area contributed by atoms with E-state index in [4.69, 9.17) is 0 Å². The number of hydrogen-bond acceptors (Lipinski definition) is 3. The van der Waals surface area contributed by atoms with E-state index in [2.05, 4.69) is 10.4 Å². The van der Waals surface area contributed by atoms with Gasteiger partial charge in [-0.25, -0.2) is 9.07 Å². The van der Waals surface area contributed by atoms with E-state index in [1.807, 2.05) is 0 Å². The predicted octanol–water partition coefficient (Wildman–Crippen LogP) is 5.08. The van der Waals surface area contributed by atoms with Crippen molar-refractivity contribution in [1.82, 2.24) is 20.0 Å². The number of carbonyl (C=O) groups excluding carboxylic acids is 1. The number of halogens is 7. The number of carbonyl (C=O) groups is 1. The van der Waals surface area contributed by atoms with E-state index in [-0.39, 0.29) is 11.2 Å². The average Bonchev–Trinajstić information content (AvgIpc) is 3.19. The fourth-order valence-corrected chi connectivity index (χ4v) is 3.39. The molecule has 0 fully saturated rings. The Morgan fingerprint density at radius 2 is 1.71 bits per heavy atom. The molecule has 0 unspecified atom stereocenters. The van der Waals surface area contributed by atoms with Crippen molar-refractivity contribution < 1.29 is 35.5 Å². The Morgan fingerprint density at radius 3 is 2.29 bits per heavy atom. The molecule has 5 nitrogen and oxygen atoms in total. The molecule has 0 radical (unpaired) electrons. The van der Waals surface area contributed by atoms with Crippen LogP contribution in [0.5, 0.6) is 0 Å². The van der Waals surface area contributed by atoms with Crippen molar-refractivity contribution in [2.75, 3.05) is 20.6 Å². The smallest absolute Gasteiger partial charge is 0.350 e. The minimum Gasteiger partial charge on any atom is -0.350 e. The maximum absolute atomic E-state index is 13.8. The summed E-state index contributed by atoms with van der Waals surface area (Å²) in [5, 5.41) is 5.91. The standard InChI is InChI=1S/C22H19F7N4O/c1-32(2)18(13-5-3-7-15(23)9-13)12-30-20(34)17-11-31-33(19(17)22(27,28)29)16-8-4-6-14(10-16)21(24,25)26/h3-11,18H,12H2,1-2H3,(H,30,34)/t18-/m1/s1. The van der Waals surface area contributed by atoms with Crippen LogP contribution in [0.2, 0.25) is 0 Å². The van der Waals surface area contributed by atoms with Crippen LogP contribution in [0.1, 0.15) is 33.2 Å². The first-order valence-electron chi connectivity index (χ1n) is 9.82. The monoisotopic (exact) mass is 488 g/mol. The third-order valence-electron chi connectivity index (χ3n) is 5.01. The number of amides is 1. The van der Waals surface area contributed by atoms with Crippen LogP contribution >= 0.6 is 0 Å². The molecule has 34 heavy (non-hydrogen) atoms. The topological polar surface area (TPSA) is 50.2 Å². The Bertz CT molecular complexity index is 1170. The second kappa shape index (κ2) is 9.45. The van der Waals surface area contributed by atoms with Crippen LogP contribution in [0.15, 0.2) is 54.7 Å². The van der Waals surface area contributed by atoms with Gasteiger partial charge in [-0.1, -0.05) is 18.2 Å². The molecule has 0 aliphatic carbocycles. The van der Waals surface area contributed by atoms with Crippen LogP contribution in [0.4, 0.5) is 30.7 Å². The van der Waals surface area contributed by atoms with Gasteiger partial charge in [0.05, 0.1) is 29.1 Å². The van der Waals surface area contributed by atoms with E-state index in [9.17, 15) is 35.5 Å². The highest BCUT2D eigenvalue weighted by molar-refractivity contribution is 5.95. The number of alkyl halides is 6. The Morgan fingerprint density at radius 1 is 1.03 bits per heavy atom. The molecular formula is C22H19F7N4O. The number of aromatic nitrogens is 2. The van der Waals surface area contributed by atoms with E-state index >= 15 is 0 Å². The molecule has 0 bridgehead atoms. The minimum absolute atomic E-state index is 0.165. The maximum atomic E-state index is 13.8. The molecule has 12 heteroatoms. The third kappa shape index (κ3) is 5.56. The molecule has 0 aliphatic heterocycles. The van der Waals surface area contributed by atoms with Gasteiger partial charge in [0, 0.05) is 6.54 Å². The van der Waals surface area contributed by atoms with Crippen molar-refractivity contribution in [1.29, 1.82) is 0 Å². The fraction of sp³-hybridized carbons (Fsp3) is 0.273. The highest BCUT2D eigenvalue weighted by Crippen LogP contribution is 2.35. The Balaban J connectivity index is 1.93. The second-order valence-electron chi connectivity index (χ2n) is 7.61. The lowest BCUT2D eigenvalue weighted by Gasteiger charge is -2.25. The van der Waals surface area contributed by atoms with E-state index in [0.29, 0.717) is 23.9 Å². The average molecular weight is 488 g/mol. The Hall–Kier alpha value is -3.41. The quantitative estimate of drug-likeness (QED) is 0.493. The molecule has 3 aromatic rings. The summed E-state index contributed by atoms with van der Waals surface area (Å²) in [4.78, 5) is 14.3. The summed E-state index contributed by atoms with van der Waals surface area (Å²) in [5.41, 5.74) is -3.56. The molecule has 2 aromatic carbocycles. The van der Waals surface area contributed by atoms with Crippen LogP contribution in [0.3, 0.4) is 0 Å². The molecule has 1 amide bonds. The first-order chi connectivity index (χ1) is 15.8. The Kier molecular flexibility index (Phi) is 7.01. The Labute approximate surface area is 189 Å². The van der Waals surface area contributed by atoms with E-state index < -0.39 is 52.6 Å². The van der Waals surface area contributed by atoms with Crippen LogP contribution in [-0.2, 0) is 12.4 Å². The molecule has 1 heterocycles. The van der Waals surface area contributed by atoms with Gasteiger partial charge in [-0.3, -0.25) is 4.79 Å². The first-order valence-corrected chi connectivity index (χ1v) is 9.82. The van der Waals surface area contributed by atoms with Crippen molar-refractivity contribution in [3.8, 4) is 5.69 Å². The molecular weight excluding hydrogens is 469 g/mol. The van der Waals surface area contributed by atoms with Gasteiger partial charge in [0.25, 0.3) is 5.91 Å². The number of benzene rings is 2. The van der Waals surface area contributed by atoms with Crippen LogP contribution in [0.25, 0.3) is 5.69 Å². The molecule has 0 saturated heterocycles. The fourth-order valence-electron chi connectivity index (χ4n) is 3.39. The normalized spacial score (nSPS) is 13.2. The van der Waals surface area contributed by atoms with Gasteiger partial charge in [0.2, 0.25) is 0 Å². The lowest BCUT2D eigenvalue weighted by Crippen LogP contribution is -2.35. The summed E-state index contributed by atoms with van der Waals surface area (Å²) in [6.45, 7) is -0.165. The van der Waals surface area contributed by atoms with Crippen molar-refractivity contribution in [3.05, 3.63) is 82.9 Å². The van der Waals surface area contributed by atoms with E-state index in [1.165, 1.54) is 18.2 Å². The summed E-state index contributed by atoms with van der Waals surface area (Å²) < 4.78 is 94.4. The van der Waals surface area contributed by atoms with Gasteiger partial charge in [-0.15, -0.1) is 0 Å². The molecule has 0 aliphatic rings. The van der Waals surface area contributed by atoms with Crippen molar-refractivity contribution in [2.45, 2.75) is 18.4 Å². The minimum atomic E-state index is -5.10. The predicted molar refractivity (Wildman–Crippen MR) is 109 cm³/mol. The number of nitrogens with one attached hydrogen (secondary N) is 1. The van der Waals surface area contributed by atoms with E-state index in [0.717, 1.165) is 12.1 Å². The molecule has 0 spiro atoms. The zero-order valence-corrected chi connectivity index (χ0v) is 17.9. The van der Waals surface area contributed by atoms with Gasteiger partial charge in [-0.05, 0) is 50.0 Å². The van der Waals surface area contributed by atoms with Crippen molar-refractivity contribution in [2.24, 2.45) is 0 Å². The second-order valence-corrected chi connectivity index (χ2v) is 7.61. The molecule has 1 atom stereocenters. The number of hydrogen-bond donors (Lipinski definition) is 1. The molecule has 1 aromatic heterocycles. The van der Waals surface area contributed by atoms with Crippen molar-refractivity contribution in [3.63, 3.8) is 0 Å². The largest absolute Gasteiger partial charge is 0.434 e. The highest BCUT2D eigenvalue weighted by Gasteiger charge is 2.41. The lowest BCUT2D eigenvalue weighted by atomic mass is 10.1. The van der Waals surface area contributed by atoms with Gasteiger partial charge in [0.1, 0.15) is 5.82 Å². The van der Waals surface area contributed by atoms with Crippen LogP contribution in [0, 0.1) is 5.82 Å². The lowest BCUT2D eigenvalue weighted by molar-refractivity contribution is -0.143. The number of nitrogens with zero attached hydrogens (tertiary/aromatic N) is 3. The van der Waals surface area contributed by atoms with Crippen LogP contribution in [-0.4, -0.2) is 41.2 Å². The highest BCUT2D eigenvalue weighted by atomic mass is 19.4. The summed E-state index contributed by atoms with van der Waals surface area (Å²) >= 11 is 0. The maximum Gasteiger partial charge on any atom is 0.434 e. The van der Waals surface area contributed by atoms with Gasteiger partial charge in [0.15, 0.2) is 5.69 Å². The third-order valence-corrected chi connectivity index (χ3v) is 5.01. The molecule has 0 saturated carbocycles. The zero-order valence-electron chi connectivity index (χ0n) is 17.9. The zero-order chi connectivity index (χ0) is 25.3. The summed E-state index contributed by atoms with van der Waals surface area (Å²) in [7, 11) is 3.29. The molecule has 1 N–H and O–H groups in total. The SMILES string of the molecule is CN(C)[C@H](CNC(=O)c1cnn(-c2cccc(C(F)(F)F)c2)c1C(F)(F)F)c1cccc(F)c1. The summed E-state index contributed by atoms with van der Waals surface area (Å²) in [5.74, 6) is -1.65. The molecule has 3 rings (SSSR count). The number of likely N-dealkylation sites (N-methyl/N-ethyl adjacent to an activating group) is 1.